The summed E-state index contributed by atoms with van der Waals surface area (Å²) in [6, 6.07) is -0.105. The molecule has 1 atom stereocenters. The molecular weight excluding hydrogens is 190 g/mol. The molecule has 3 heteroatoms. The molecule has 90 valence electrons. The Morgan fingerprint density at radius 2 is 1.93 bits per heavy atom. The maximum absolute atomic E-state index is 11.4. The lowest BCUT2D eigenvalue weighted by molar-refractivity contribution is -0.143. The number of unbranched alkanes of at least 4 members (excludes halogenated alkanes) is 3. The maximum Gasteiger partial charge on any atom is 0.322 e. The Morgan fingerprint density at radius 3 is 2.47 bits per heavy atom. The van der Waals surface area contributed by atoms with Gasteiger partial charge in [-0.05, 0) is 19.4 Å². The lowest BCUT2D eigenvalue weighted by atomic mass is 10.1. The van der Waals surface area contributed by atoms with Crippen molar-refractivity contribution < 1.29 is 9.53 Å². The summed E-state index contributed by atoms with van der Waals surface area (Å²) in [4.78, 5) is 11.4. The highest BCUT2D eigenvalue weighted by atomic mass is 16.5. The Bertz CT molecular complexity index is 160. The summed E-state index contributed by atoms with van der Waals surface area (Å²) in [6.07, 6.45) is 6.73. The molecule has 0 bridgehead atoms. The molecule has 0 amide bonds. The van der Waals surface area contributed by atoms with E-state index in [-0.39, 0.29) is 12.0 Å². The Balaban J connectivity index is 3.74. The molecule has 0 spiro atoms. The minimum atomic E-state index is -0.125. The van der Waals surface area contributed by atoms with Gasteiger partial charge in [0.25, 0.3) is 0 Å². The van der Waals surface area contributed by atoms with E-state index in [1.165, 1.54) is 26.4 Å². The van der Waals surface area contributed by atoms with Gasteiger partial charge < -0.3 is 10.1 Å². The van der Waals surface area contributed by atoms with Crippen molar-refractivity contribution in [1.82, 2.24) is 5.32 Å². The molecule has 0 fully saturated rings. The zero-order valence-corrected chi connectivity index (χ0v) is 10.3. The third-order valence-corrected chi connectivity index (χ3v) is 2.47. The second kappa shape index (κ2) is 9.97. The van der Waals surface area contributed by atoms with Gasteiger partial charge in [0.05, 0.1) is 7.11 Å². The van der Waals surface area contributed by atoms with Gasteiger partial charge in [0.15, 0.2) is 0 Å². The van der Waals surface area contributed by atoms with Crippen LogP contribution in [-0.2, 0) is 9.53 Å². The molecule has 0 aliphatic rings. The summed E-state index contributed by atoms with van der Waals surface area (Å²) in [6.45, 7) is 5.17. The standard InChI is InChI=1S/C12H25NO2/c1-4-6-7-8-9-11(12(14)15-3)13-10-5-2/h11,13H,4-10H2,1-3H3. The van der Waals surface area contributed by atoms with Crippen LogP contribution in [0, 0.1) is 0 Å². The summed E-state index contributed by atoms with van der Waals surface area (Å²) in [5.41, 5.74) is 0. The monoisotopic (exact) mass is 215 g/mol. The molecular formula is C12H25NO2. The van der Waals surface area contributed by atoms with Gasteiger partial charge in [0, 0.05) is 0 Å². The van der Waals surface area contributed by atoms with Gasteiger partial charge in [-0.3, -0.25) is 4.79 Å². The highest BCUT2D eigenvalue weighted by molar-refractivity contribution is 5.75. The van der Waals surface area contributed by atoms with Crippen molar-refractivity contribution >= 4 is 5.97 Å². The average Bonchev–Trinajstić information content (AvgIpc) is 2.27. The van der Waals surface area contributed by atoms with Crippen LogP contribution in [0.5, 0.6) is 0 Å². The highest BCUT2D eigenvalue weighted by Crippen LogP contribution is 2.06. The predicted octanol–water partition coefficient (Wildman–Crippen LogP) is 2.50. The third kappa shape index (κ3) is 7.37. The van der Waals surface area contributed by atoms with Crippen LogP contribution in [-0.4, -0.2) is 25.7 Å². The molecule has 0 rings (SSSR count). The highest BCUT2D eigenvalue weighted by Gasteiger charge is 2.16. The fraction of sp³-hybridized carbons (Fsp3) is 0.917. The van der Waals surface area contributed by atoms with Crippen molar-refractivity contribution in [2.24, 2.45) is 0 Å². The third-order valence-electron chi connectivity index (χ3n) is 2.47. The number of ether oxygens (including phenoxy) is 1. The fourth-order valence-corrected chi connectivity index (χ4v) is 1.54. The molecule has 3 nitrogen and oxygen atoms in total. The Hall–Kier alpha value is -0.570. The molecule has 0 radical (unpaired) electrons. The first-order valence-corrected chi connectivity index (χ1v) is 6.07. The van der Waals surface area contributed by atoms with Crippen molar-refractivity contribution in [1.29, 1.82) is 0 Å². The second-order valence-electron chi connectivity index (χ2n) is 3.88. The van der Waals surface area contributed by atoms with E-state index in [0.29, 0.717) is 0 Å². The van der Waals surface area contributed by atoms with Crippen molar-refractivity contribution in [3.63, 3.8) is 0 Å². The van der Waals surface area contributed by atoms with Crippen LogP contribution in [0.1, 0.15) is 52.4 Å². The minimum Gasteiger partial charge on any atom is -0.468 e. The van der Waals surface area contributed by atoms with Gasteiger partial charge in [-0.25, -0.2) is 0 Å². The van der Waals surface area contributed by atoms with E-state index in [0.717, 1.165) is 25.8 Å². The number of methoxy groups -OCH3 is 1. The quantitative estimate of drug-likeness (QED) is 0.474. The van der Waals surface area contributed by atoms with Crippen LogP contribution in [0.15, 0.2) is 0 Å². The smallest absolute Gasteiger partial charge is 0.322 e. The summed E-state index contributed by atoms with van der Waals surface area (Å²) < 4.78 is 4.76. The number of carbonyl (C=O) groups is 1. The van der Waals surface area contributed by atoms with Crippen LogP contribution in [0.2, 0.25) is 0 Å². The molecule has 0 aromatic rings. The van der Waals surface area contributed by atoms with Crippen LogP contribution >= 0.6 is 0 Å². The first kappa shape index (κ1) is 14.4. The normalized spacial score (nSPS) is 12.5. The SMILES string of the molecule is CCCCCCC(NCCC)C(=O)OC. The van der Waals surface area contributed by atoms with Gasteiger partial charge in [-0.15, -0.1) is 0 Å². The van der Waals surface area contributed by atoms with Crippen LogP contribution in [0.3, 0.4) is 0 Å². The van der Waals surface area contributed by atoms with Crippen molar-refractivity contribution in [2.75, 3.05) is 13.7 Å². The van der Waals surface area contributed by atoms with E-state index >= 15 is 0 Å². The molecule has 1 unspecified atom stereocenters. The number of esters is 1. The van der Waals surface area contributed by atoms with Crippen molar-refractivity contribution in [3.05, 3.63) is 0 Å². The number of nitrogens with one attached hydrogen (secondary N) is 1. The largest absolute Gasteiger partial charge is 0.468 e. The summed E-state index contributed by atoms with van der Waals surface area (Å²) >= 11 is 0. The fourth-order valence-electron chi connectivity index (χ4n) is 1.54. The second-order valence-corrected chi connectivity index (χ2v) is 3.88. The van der Waals surface area contributed by atoms with Gasteiger partial charge in [-0.1, -0.05) is 39.5 Å². The summed E-state index contributed by atoms with van der Waals surface area (Å²) in [5, 5.41) is 3.22. The van der Waals surface area contributed by atoms with Gasteiger partial charge >= 0.3 is 5.97 Å². The molecule has 15 heavy (non-hydrogen) atoms. The zero-order valence-electron chi connectivity index (χ0n) is 10.3. The maximum atomic E-state index is 11.4. The number of carbonyl (C=O) groups excluding carboxylic acids is 1. The zero-order chi connectivity index (χ0) is 11.5. The van der Waals surface area contributed by atoms with E-state index in [1.54, 1.807) is 0 Å². The molecule has 0 aromatic heterocycles. The molecule has 1 N–H and O–H groups in total. The molecule has 0 saturated carbocycles. The molecule has 0 heterocycles. The Morgan fingerprint density at radius 1 is 1.20 bits per heavy atom. The molecule has 0 saturated heterocycles. The summed E-state index contributed by atoms with van der Waals surface area (Å²) in [7, 11) is 1.45. The van der Waals surface area contributed by atoms with Crippen molar-refractivity contribution in [2.45, 2.75) is 58.4 Å². The Labute approximate surface area is 93.6 Å². The summed E-state index contributed by atoms with van der Waals surface area (Å²) in [5.74, 6) is -0.125. The van der Waals surface area contributed by atoms with Gasteiger partial charge in [0.1, 0.15) is 6.04 Å². The number of hydrogen-bond acceptors (Lipinski definition) is 3. The topological polar surface area (TPSA) is 38.3 Å². The van der Waals surface area contributed by atoms with Gasteiger partial charge in [0.2, 0.25) is 0 Å². The molecule has 0 aromatic carbocycles. The van der Waals surface area contributed by atoms with Crippen LogP contribution < -0.4 is 5.32 Å². The lowest BCUT2D eigenvalue weighted by Crippen LogP contribution is -2.38. The first-order chi connectivity index (χ1) is 7.26. The molecule has 0 aliphatic carbocycles. The van der Waals surface area contributed by atoms with E-state index in [9.17, 15) is 4.79 Å². The van der Waals surface area contributed by atoms with Gasteiger partial charge in [-0.2, -0.15) is 0 Å². The minimum absolute atomic E-state index is 0.105. The van der Waals surface area contributed by atoms with Crippen LogP contribution in [0.4, 0.5) is 0 Å². The predicted molar refractivity (Wildman–Crippen MR) is 62.9 cm³/mol. The Kier molecular flexibility index (Phi) is 9.59. The molecule has 0 aliphatic heterocycles. The van der Waals surface area contributed by atoms with E-state index in [1.807, 2.05) is 0 Å². The average molecular weight is 215 g/mol. The number of rotatable bonds is 9. The van der Waals surface area contributed by atoms with E-state index in [4.69, 9.17) is 4.74 Å². The van der Waals surface area contributed by atoms with E-state index < -0.39 is 0 Å². The van der Waals surface area contributed by atoms with Crippen molar-refractivity contribution in [3.8, 4) is 0 Å². The number of hydrogen-bond donors (Lipinski definition) is 1. The van der Waals surface area contributed by atoms with E-state index in [2.05, 4.69) is 19.2 Å². The van der Waals surface area contributed by atoms with Crippen LogP contribution in [0.25, 0.3) is 0 Å². The lowest BCUT2D eigenvalue weighted by Gasteiger charge is -2.15. The first-order valence-electron chi connectivity index (χ1n) is 6.07.